The highest BCUT2D eigenvalue weighted by Crippen LogP contribution is 2.15. The van der Waals surface area contributed by atoms with Crippen LogP contribution in [0.15, 0.2) is 24.3 Å². The molecule has 1 atom stereocenters. The molecule has 8 nitrogen and oxygen atoms in total. The molecule has 0 saturated heterocycles. The van der Waals surface area contributed by atoms with E-state index < -0.39 is 24.9 Å². The summed E-state index contributed by atoms with van der Waals surface area (Å²) in [5, 5.41) is 11.9. The fraction of sp³-hybridized carbons (Fsp3) is 0.636. The van der Waals surface area contributed by atoms with Crippen molar-refractivity contribution in [1.29, 1.82) is 0 Å². The number of carbonyl (C=O) groups excluding carboxylic acids is 1. The number of aliphatic carboxylic acids is 1. The molecule has 188 valence electrons. The zero-order valence-electron chi connectivity index (χ0n) is 19.0. The molecule has 1 aromatic rings. The number of alkyl halides is 3. The topological polar surface area (TPSA) is 97.3 Å². The largest absolute Gasteiger partial charge is 0.492 e. The Labute approximate surface area is 192 Å². The van der Waals surface area contributed by atoms with Crippen LogP contribution in [0.2, 0.25) is 0 Å². The Kier molecular flexibility index (Phi) is 13.2. The van der Waals surface area contributed by atoms with Gasteiger partial charge in [0.05, 0.1) is 6.54 Å². The summed E-state index contributed by atoms with van der Waals surface area (Å²) in [5.41, 5.74) is 0.780. The number of urea groups is 1. The fourth-order valence-corrected chi connectivity index (χ4v) is 2.83. The lowest BCUT2D eigenvalue weighted by Crippen LogP contribution is -2.43. The average molecular weight is 479 g/mol. The van der Waals surface area contributed by atoms with E-state index >= 15 is 0 Å². The van der Waals surface area contributed by atoms with Gasteiger partial charge in [-0.15, -0.1) is 0 Å². The van der Waals surface area contributed by atoms with Crippen LogP contribution in [-0.2, 0) is 20.7 Å². The molecule has 0 bridgehead atoms. The number of amides is 2. The Morgan fingerprint density at radius 2 is 1.82 bits per heavy atom. The van der Waals surface area contributed by atoms with Gasteiger partial charge in [0.1, 0.15) is 19.0 Å². The van der Waals surface area contributed by atoms with Crippen molar-refractivity contribution in [3.63, 3.8) is 0 Å². The predicted octanol–water partition coefficient (Wildman–Crippen LogP) is 3.49. The smallest absolute Gasteiger partial charge is 0.411 e. The van der Waals surface area contributed by atoms with Crippen molar-refractivity contribution in [2.45, 2.75) is 45.4 Å². The van der Waals surface area contributed by atoms with Crippen molar-refractivity contribution in [3.05, 3.63) is 29.8 Å². The van der Waals surface area contributed by atoms with Gasteiger partial charge in [0.15, 0.2) is 6.10 Å². The lowest BCUT2D eigenvalue weighted by Gasteiger charge is -2.23. The average Bonchev–Trinajstić information content (AvgIpc) is 2.76. The number of hydrogen-bond acceptors (Lipinski definition) is 5. The van der Waals surface area contributed by atoms with Crippen molar-refractivity contribution in [1.82, 2.24) is 10.2 Å². The lowest BCUT2D eigenvalue weighted by atomic mass is 10.1. The molecule has 0 aliphatic heterocycles. The van der Waals surface area contributed by atoms with Gasteiger partial charge in [-0.1, -0.05) is 19.1 Å². The van der Waals surface area contributed by atoms with E-state index in [-0.39, 0.29) is 45.2 Å². The summed E-state index contributed by atoms with van der Waals surface area (Å²) in [5.74, 6) is -0.480. The van der Waals surface area contributed by atoms with Gasteiger partial charge in [-0.25, -0.2) is 9.59 Å². The molecule has 0 aliphatic rings. The highest BCUT2D eigenvalue weighted by Gasteiger charge is 2.27. The summed E-state index contributed by atoms with van der Waals surface area (Å²) >= 11 is 0. The third kappa shape index (κ3) is 12.9. The van der Waals surface area contributed by atoms with E-state index in [9.17, 15) is 22.8 Å². The molecule has 0 saturated carbocycles. The van der Waals surface area contributed by atoms with Crippen LogP contribution in [0.1, 0.15) is 32.3 Å². The van der Waals surface area contributed by atoms with E-state index in [1.807, 2.05) is 6.92 Å². The Balaban J connectivity index is 2.52. The molecule has 33 heavy (non-hydrogen) atoms. The van der Waals surface area contributed by atoms with Crippen molar-refractivity contribution in [3.8, 4) is 5.75 Å². The van der Waals surface area contributed by atoms with Crippen LogP contribution in [0.3, 0.4) is 0 Å². The molecule has 0 heterocycles. The monoisotopic (exact) mass is 478 g/mol. The van der Waals surface area contributed by atoms with Gasteiger partial charge in [0.25, 0.3) is 0 Å². The van der Waals surface area contributed by atoms with E-state index in [1.54, 1.807) is 31.2 Å². The van der Waals surface area contributed by atoms with Crippen LogP contribution in [0.5, 0.6) is 5.75 Å². The van der Waals surface area contributed by atoms with Gasteiger partial charge >= 0.3 is 18.2 Å². The number of nitrogens with one attached hydrogen (secondary N) is 1. The van der Waals surface area contributed by atoms with Crippen molar-refractivity contribution in [2.24, 2.45) is 0 Å². The quantitative estimate of drug-likeness (QED) is 0.353. The van der Waals surface area contributed by atoms with Crippen LogP contribution >= 0.6 is 0 Å². The second-order valence-electron chi connectivity index (χ2n) is 7.22. The molecular weight excluding hydrogens is 445 g/mol. The Hall–Kier alpha value is -2.53. The first-order chi connectivity index (χ1) is 15.7. The minimum atomic E-state index is -4.38. The third-order valence-corrected chi connectivity index (χ3v) is 4.41. The minimum absolute atomic E-state index is 0.113. The first kappa shape index (κ1) is 28.5. The maximum absolute atomic E-state index is 12.3. The SMILES string of the molecule is CCCNC(=O)N(CCCOCC(F)(F)F)CCOc1ccc(CC(OCC)C(=O)O)cc1. The molecule has 11 heteroatoms. The predicted molar refractivity (Wildman–Crippen MR) is 115 cm³/mol. The number of benzene rings is 1. The van der Waals surface area contributed by atoms with Gasteiger partial charge in [-0.3, -0.25) is 0 Å². The number of nitrogens with zero attached hydrogens (tertiary/aromatic N) is 1. The highest BCUT2D eigenvalue weighted by atomic mass is 19.4. The molecule has 0 spiro atoms. The van der Waals surface area contributed by atoms with Gasteiger partial charge in [0, 0.05) is 32.7 Å². The highest BCUT2D eigenvalue weighted by molar-refractivity contribution is 5.74. The van der Waals surface area contributed by atoms with Crippen molar-refractivity contribution >= 4 is 12.0 Å². The van der Waals surface area contributed by atoms with Crippen molar-refractivity contribution in [2.75, 3.05) is 46.1 Å². The Bertz CT molecular complexity index is 700. The second kappa shape index (κ2) is 15.3. The molecule has 2 N–H and O–H groups in total. The van der Waals surface area contributed by atoms with Crippen LogP contribution in [0.25, 0.3) is 0 Å². The van der Waals surface area contributed by atoms with E-state index in [4.69, 9.17) is 14.6 Å². The first-order valence-corrected chi connectivity index (χ1v) is 10.9. The van der Waals surface area contributed by atoms with E-state index in [0.29, 0.717) is 18.9 Å². The first-order valence-electron chi connectivity index (χ1n) is 10.9. The summed E-state index contributed by atoms with van der Waals surface area (Å²) in [6.45, 7) is 3.65. The van der Waals surface area contributed by atoms with E-state index in [1.165, 1.54) is 4.90 Å². The second-order valence-corrected chi connectivity index (χ2v) is 7.22. The van der Waals surface area contributed by atoms with Gasteiger partial charge in [-0.05, 0) is 37.5 Å². The standard InChI is InChI=1S/C22H33F3N2O6/c1-3-10-26-21(30)27(11-5-13-31-16-22(23,24)25)12-14-33-18-8-6-17(7-9-18)15-19(20(28)29)32-4-2/h6-9,19H,3-5,10-16H2,1-2H3,(H,26,30)(H,28,29). The lowest BCUT2D eigenvalue weighted by molar-refractivity contribution is -0.174. The Morgan fingerprint density at radius 3 is 2.39 bits per heavy atom. The van der Waals surface area contributed by atoms with Gasteiger partial charge in [-0.2, -0.15) is 13.2 Å². The summed E-state index contributed by atoms with van der Waals surface area (Å²) in [6, 6.07) is 6.57. The summed E-state index contributed by atoms with van der Waals surface area (Å²) in [6.07, 6.45) is -4.06. The van der Waals surface area contributed by atoms with Crippen LogP contribution in [0, 0.1) is 0 Å². The number of rotatable bonds is 16. The molecule has 0 aliphatic carbocycles. The zero-order chi connectivity index (χ0) is 24.7. The summed E-state index contributed by atoms with van der Waals surface area (Å²) < 4.78 is 51.9. The molecule has 0 fully saturated rings. The number of carboxylic acid groups (broad SMARTS) is 1. The van der Waals surface area contributed by atoms with Gasteiger partial charge < -0.3 is 29.5 Å². The number of ether oxygens (including phenoxy) is 3. The maximum atomic E-state index is 12.3. The molecule has 1 aromatic carbocycles. The minimum Gasteiger partial charge on any atom is -0.492 e. The summed E-state index contributed by atoms with van der Waals surface area (Å²) in [7, 11) is 0. The maximum Gasteiger partial charge on any atom is 0.411 e. The molecule has 0 aromatic heterocycles. The fourth-order valence-electron chi connectivity index (χ4n) is 2.83. The van der Waals surface area contributed by atoms with E-state index in [2.05, 4.69) is 10.1 Å². The molecule has 2 amide bonds. The Morgan fingerprint density at radius 1 is 1.12 bits per heavy atom. The zero-order valence-corrected chi connectivity index (χ0v) is 19.0. The van der Waals surface area contributed by atoms with Gasteiger partial charge in [0.2, 0.25) is 0 Å². The van der Waals surface area contributed by atoms with Crippen LogP contribution < -0.4 is 10.1 Å². The number of halogens is 3. The molecule has 1 rings (SSSR count). The van der Waals surface area contributed by atoms with Crippen molar-refractivity contribution < 1.29 is 42.1 Å². The number of carbonyl (C=O) groups is 2. The molecular formula is C22H33F3N2O6. The molecule has 0 radical (unpaired) electrons. The number of carboxylic acids is 1. The van der Waals surface area contributed by atoms with Crippen LogP contribution in [0.4, 0.5) is 18.0 Å². The summed E-state index contributed by atoms with van der Waals surface area (Å²) in [4.78, 5) is 25.0. The van der Waals surface area contributed by atoms with E-state index in [0.717, 1.165) is 12.0 Å². The molecule has 1 unspecified atom stereocenters. The third-order valence-electron chi connectivity index (χ3n) is 4.41. The normalized spacial score (nSPS) is 12.3. The number of hydrogen-bond donors (Lipinski definition) is 2. The van der Waals surface area contributed by atoms with Crippen LogP contribution in [-0.4, -0.2) is 80.3 Å².